The molecule has 0 spiro atoms. The summed E-state index contributed by atoms with van der Waals surface area (Å²) in [5.74, 6) is 1.68. The molecule has 0 unspecified atom stereocenters. The van der Waals surface area contributed by atoms with Gasteiger partial charge in [0.15, 0.2) is 18.1 Å². The van der Waals surface area contributed by atoms with Crippen molar-refractivity contribution in [1.82, 2.24) is 0 Å². The summed E-state index contributed by atoms with van der Waals surface area (Å²) < 4.78 is 16.1. The van der Waals surface area contributed by atoms with Crippen molar-refractivity contribution >= 4 is 11.6 Å². The van der Waals surface area contributed by atoms with Crippen LogP contribution in [0.5, 0.6) is 17.2 Å². The van der Waals surface area contributed by atoms with Crippen LogP contribution in [-0.2, 0) is 4.79 Å². The minimum atomic E-state index is -0.239. The van der Waals surface area contributed by atoms with Crippen molar-refractivity contribution in [2.45, 2.75) is 13.8 Å². The number of aryl methyl sites for hydroxylation is 1. The number of hydrogen-bond acceptors (Lipinski definition) is 4. The highest BCUT2D eigenvalue weighted by Crippen LogP contribution is 2.27. The van der Waals surface area contributed by atoms with E-state index in [9.17, 15) is 4.79 Å². The first kappa shape index (κ1) is 16.7. The highest BCUT2D eigenvalue weighted by molar-refractivity contribution is 5.91. The molecule has 0 saturated heterocycles. The minimum absolute atomic E-state index is 0.0906. The Kier molecular flexibility index (Phi) is 5.86. The van der Waals surface area contributed by atoms with E-state index < -0.39 is 0 Å². The number of carbonyl (C=O) groups excluding carboxylic acids is 1. The molecule has 1 N–H and O–H groups in total. The Morgan fingerprint density at radius 1 is 1.04 bits per heavy atom. The van der Waals surface area contributed by atoms with Gasteiger partial charge in [-0.25, -0.2) is 0 Å². The fraction of sp³-hybridized carbons (Fsp3) is 0.278. The van der Waals surface area contributed by atoms with E-state index in [1.807, 2.05) is 38.1 Å². The number of amides is 1. The summed E-state index contributed by atoms with van der Waals surface area (Å²) in [5.41, 5.74) is 1.76. The summed E-state index contributed by atoms with van der Waals surface area (Å²) in [6.45, 7) is 4.40. The van der Waals surface area contributed by atoms with Crippen LogP contribution < -0.4 is 19.5 Å². The molecule has 0 atom stereocenters. The molecule has 2 aromatic carbocycles. The van der Waals surface area contributed by atoms with Crippen LogP contribution >= 0.6 is 0 Å². The van der Waals surface area contributed by atoms with Crippen LogP contribution in [0.1, 0.15) is 12.5 Å². The third-order valence-corrected chi connectivity index (χ3v) is 3.13. The predicted octanol–water partition coefficient (Wildman–Crippen LogP) is 3.42. The Labute approximate surface area is 136 Å². The number of anilines is 1. The summed E-state index contributed by atoms with van der Waals surface area (Å²) in [5, 5.41) is 2.77. The number of hydrogen-bond donors (Lipinski definition) is 1. The summed E-state index contributed by atoms with van der Waals surface area (Å²) in [6.07, 6.45) is 0. The van der Waals surface area contributed by atoms with Gasteiger partial charge in [0.1, 0.15) is 5.75 Å². The first-order valence-corrected chi connectivity index (χ1v) is 7.42. The minimum Gasteiger partial charge on any atom is -0.494 e. The van der Waals surface area contributed by atoms with Crippen molar-refractivity contribution in [3.05, 3.63) is 48.0 Å². The molecule has 0 aliphatic carbocycles. The molecular formula is C18H21NO4. The Bertz CT molecular complexity index is 653. The van der Waals surface area contributed by atoms with E-state index in [0.29, 0.717) is 23.8 Å². The topological polar surface area (TPSA) is 56.8 Å². The smallest absolute Gasteiger partial charge is 0.262 e. The molecule has 122 valence electrons. The van der Waals surface area contributed by atoms with Gasteiger partial charge < -0.3 is 19.5 Å². The Morgan fingerprint density at radius 3 is 2.43 bits per heavy atom. The largest absolute Gasteiger partial charge is 0.494 e. The third kappa shape index (κ3) is 4.92. The summed E-state index contributed by atoms with van der Waals surface area (Å²) >= 11 is 0. The molecule has 5 heteroatoms. The number of rotatable bonds is 7. The molecule has 0 heterocycles. The van der Waals surface area contributed by atoms with Gasteiger partial charge in [-0.05, 0) is 55.8 Å². The lowest BCUT2D eigenvalue weighted by Crippen LogP contribution is -2.20. The number of carbonyl (C=O) groups is 1. The number of benzene rings is 2. The lowest BCUT2D eigenvalue weighted by Gasteiger charge is -2.11. The normalized spacial score (nSPS) is 10.0. The van der Waals surface area contributed by atoms with Crippen LogP contribution in [0.2, 0.25) is 0 Å². The average Bonchev–Trinajstić information content (AvgIpc) is 2.55. The summed E-state index contributed by atoms with van der Waals surface area (Å²) in [4.78, 5) is 12.0. The molecule has 1 amide bonds. The first-order valence-electron chi connectivity index (χ1n) is 7.42. The van der Waals surface area contributed by atoms with E-state index in [2.05, 4.69) is 5.32 Å². The summed E-state index contributed by atoms with van der Waals surface area (Å²) in [6, 6.07) is 12.7. The maximum atomic E-state index is 12.0. The van der Waals surface area contributed by atoms with Crippen molar-refractivity contribution < 1.29 is 19.0 Å². The Morgan fingerprint density at radius 2 is 1.78 bits per heavy atom. The molecule has 0 aliphatic rings. The van der Waals surface area contributed by atoms with Gasteiger partial charge >= 0.3 is 0 Å². The highest BCUT2D eigenvalue weighted by atomic mass is 16.5. The molecule has 5 nitrogen and oxygen atoms in total. The zero-order valence-electron chi connectivity index (χ0n) is 13.6. The molecule has 0 radical (unpaired) electrons. The summed E-state index contributed by atoms with van der Waals surface area (Å²) in [7, 11) is 1.57. The quantitative estimate of drug-likeness (QED) is 0.850. The van der Waals surface area contributed by atoms with Crippen LogP contribution in [0, 0.1) is 6.92 Å². The average molecular weight is 315 g/mol. The van der Waals surface area contributed by atoms with Crippen molar-refractivity contribution in [3.8, 4) is 17.2 Å². The first-order chi connectivity index (χ1) is 11.1. The van der Waals surface area contributed by atoms with Gasteiger partial charge in [-0.15, -0.1) is 0 Å². The monoisotopic (exact) mass is 315 g/mol. The predicted molar refractivity (Wildman–Crippen MR) is 89.5 cm³/mol. The van der Waals surface area contributed by atoms with E-state index in [4.69, 9.17) is 14.2 Å². The van der Waals surface area contributed by atoms with Crippen LogP contribution in [0.15, 0.2) is 42.5 Å². The maximum Gasteiger partial charge on any atom is 0.262 e. The second-order valence-electron chi connectivity index (χ2n) is 4.95. The van der Waals surface area contributed by atoms with E-state index >= 15 is 0 Å². The lowest BCUT2D eigenvalue weighted by atomic mass is 10.2. The van der Waals surface area contributed by atoms with Gasteiger partial charge in [-0.3, -0.25) is 4.79 Å². The van der Waals surface area contributed by atoms with Crippen molar-refractivity contribution in [3.63, 3.8) is 0 Å². The van der Waals surface area contributed by atoms with Gasteiger partial charge in [0.05, 0.1) is 13.7 Å². The molecule has 0 aromatic heterocycles. The zero-order chi connectivity index (χ0) is 16.7. The van der Waals surface area contributed by atoms with Gasteiger partial charge in [-0.1, -0.05) is 6.07 Å². The third-order valence-electron chi connectivity index (χ3n) is 3.13. The van der Waals surface area contributed by atoms with Crippen LogP contribution in [0.4, 0.5) is 5.69 Å². The van der Waals surface area contributed by atoms with Gasteiger partial charge in [0.2, 0.25) is 0 Å². The number of methoxy groups -OCH3 is 1. The molecule has 2 rings (SSSR count). The fourth-order valence-corrected chi connectivity index (χ4v) is 2.04. The fourth-order valence-electron chi connectivity index (χ4n) is 2.04. The molecule has 0 fully saturated rings. The zero-order valence-corrected chi connectivity index (χ0v) is 13.6. The molecule has 0 aliphatic heterocycles. The number of nitrogens with one attached hydrogen (secondary N) is 1. The molecule has 0 bridgehead atoms. The standard InChI is InChI=1S/C18H21NO4/c1-4-22-15-8-6-14(7-9-15)19-18(20)12-23-16-10-5-13(2)11-17(16)21-3/h5-11H,4,12H2,1-3H3,(H,19,20). The Hall–Kier alpha value is -2.69. The van der Waals surface area contributed by atoms with E-state index in [1.54, 1.807) is 25.3 Å². The second kappa shape index (κ2) is 8.08. The Balaban J connectivity index is 1.90. The van der Waals surface area contributed by atoms with Crippen LogP contribution in [0.3, 0.4) is 0 Å². The molecule has 0 saturated carbocycles. The lowest BCUT2D eigenvalue weighted by molar-refractivity contribution is -0.118. The number of ether oxygens (including phenoxy) is 3. The van der Waals surface area contributed by atoms with Crippen molar-refractivity contribution in [1.29, 1.82) is 0 Å². The molecule has 2 aromatic rings. The van der Waals surface area contributed by atoms with E-state index in [-0.39, 0.29) is 12.5 Å². The van der Waals surface area contributed by atoms with E-state index in [1.165, 1.54) is 0 Å². The second-order valence-corrected chi connectivity index (χ2v) is 4.95. The van der Waals surface area contributed by atoms with Crippen LogP contribution in [0.25, 0.3) is 0 Å². The molecular weight excluding hydrogens is 294 g/mol. The maximum absolute atomic E-state index is 12.0. The molecule has 23 heavy (non-hydrogen) atoms. The van der Waals surface area contributed by atoms with Gasteiger partial charge in [0, 0.05) is 5.69 Å². The van der Waals surface area contributed by atoms with Gasteiger partial charge in [-0.2, -0.15) is 0 Å². The van der Waals surface area contributed by atoms with E-state index in [0.717, 1.165) is 11.3 Å². The van der Waals surface area contributed by atoms with Crippen molar-refractivity contribution in [2.24, 2.45) is 0 Å². The SMILES string of the molecule is CCOc1ccc(NC(=O)COc2ccc(C)cc2OC)cc1. The highest BCUT2D eigenvalue weighted by Gasteiger charge is 2.08. The van der Waals surface area contributed by atoms with Crippen LogP contribution in [-0.4, -0.2) is 26.2 Å². The van der Waals surface area contributed by atoms with Gasteiger partial charge in [0.25, 0.3) is 5.91 Å². The van der Waals surface area contributed by atoms with Crippen molar-refractivity contribution in [2.75, 3.05) is 25.6 Å².